The Morgan fingerprint density at radius 3 is 2.67 bits per heavy atom. The summed E-state index contributed by atoms with van der Waals surface area (Å²) in [5.41, 5.74) is 1.67. The van der Waals surface area contributed by atoms with E-state index in [9.17, 15) is 9.90 Å². The predicted molar refractivity (Wildman–Crippen MR) is 135 cm³/mol. The Bertz CT molecular complexity index is 1010. The molecule has 2 aromatic heterocycles. The van der Waals surface area contributed by atoms with Crippen LogP contribution in [0.1, 0.15) is 79.5 Å². The molecule has 33 heavy (non-hydrogen) atoms. The molecule has 1 aliphatic heterocycles. The highest BCUT2D eigenvalue weighted by Gasteiger charge is 2.25. The average molecular weight is 488 g/mol. The summed E-state index contributed by atoms with van der Waals surface area (Å²) in [5, 5.41) is 16.0. The molecule has 0 bridgehead atoms. The molecule has 178 valence electrons. The van der Waals surface area contributed by atoms with E-state index in [1.165, 1.54) is 37.3 Å². The first-order valence-electron chi connectivity index (χ1n) is 11.8. The molecule has 1 aliphatic carbocycles. The van der Waals surface area contributed by atoms with Gasteiger partial charge in [0, 0.05) is 23.4 Å². The molecule has 1 saturated carbocycles. The van der Waals surface area contributed by atoms with Crippen molar-refractivity contribution < 1.29 is 14.6 Å². The lowest BCUT2D eigenvalue weighted by Crippen LogP contribution is -2.31. The van der Waals surface area contributed by atoms with Crippen LogP contribution in [0.5, 0.6) is 5.19 Å². The van der Waals surface area contributed by atoms with E-state index >= 15 is 0 Å². The van der Waals surface area contributed by atoms with Gasteiger partial charge in [-0.1, -0.05) is 23.2 Å². The maximum absolute atomic E-state index is 11.7. The molecular formula is C25H33N3O3S2. The number of carbonyl (C=O) groups is 1. The number of hydrogen-bond donors (Lipinski definition) is 2. The molecule has 4 rings (SSSR count). The van der Waals surface area contributed by atoms with Crippen molar-refractivity contribution in [3.63, 3.8) is 0 Å². The van der Waals surface area contributed by atoms with Crippen LogP contribution in [0.25, 0.3) is 0 Å². The molecule has 2 aliphatic rings. The van der Waals surface area contributed by atoms with E-state index in [4.69, 9.17) is 4.74 Å². The van der Waals surface area contributed by atoms with Crippen LogP contribution in [0, 0.1) is 17.3 Å². The highest BCUT2D eigenvalue weighted by molar-refractivity contribution is 7.15. The molecule has 6 nitrogen and oxygen atoms in total. The smallest absolute Gasteiger partial charge is 0.348 e. The van der Waals surface area contributed by atoms with Gasteiger partial charge in [-0.05, 0) is 78.5 Å². The van der Waals surface area contributed by atoms with Gasteiger partial charge in [-0.25, -0.2) is 9.78 Å². The minimum atomic E-state index is -0.906. The number of nitrogens with one attached hydrogen (secondary N) is 1. The standard InChI is InChI=1S/C25H33N3O3S2/c1-25(2,3)11-10-20-14-21(22(33-20)23(29)30)26-17-6-8-19(9-7-17)31-24-27-18(16-32-24)15-28-12-4-5-13-28/h14,16-17,19,26H,4-9,12-13,15H2,1-3H3,(H,29,30)/t17-,19-. The second-order valence-corrected chi connectivity index (χ2v) is 11.9. The first kappa shape index (κ1) is 24.1. The van der Waals surface area contributed by atoms with E-state index in [0.717, 1.165) is 48.0 Å². The van der Waals surface area contributed by atoms with Gasteiger partial charge >= 0.3 is 5.97 Å². The van der Waals surface area contributed by atoms with Crippen molar-refractivity contribution >= 4 is 34.3 Å². The number of nitrogens with zero attached hydrogens (tertiary/aromatic N) is 2. The van der Waals surface area contributed by atoms with Gasteiger partial charge in [-0.2, -0.15) is 0 Å². The zero-order chi connectivity index (χ0) is 23.4. The van der Waals surface area contributed by atoms with E-state index in [2.05, 4.69) is 32.4 Å². The van der Waals surface area contributed by atoms with E-state index in [0.29, 0.717) is 10.6 Å². The van der Waals surface area contributed by atoms with Gasteiger partial charge in [0.2, 0.25) is 0 Å². The molecule has 1 saturated heterocycles. The molecule has 0 atom stereocenters. The van der Waals surface area contributed by atoms with Crippen LogP contribution in [0.2, 0.25) is 0 Å². The Kier molecular flexibility index (Phi) is 7.62. The van der Waals surface area contributed by atoms with Crippen LogP contribution in [0.15, 0.2) is 11.4 Å². The first-order valence-corrected chi connectivity index (χ1v) is 13.4. The Hall–Kier alpha value is -2.08. The Balaban J connectivity index is 1.29. The number of thiophene rings is 1. The summed E-state index contributed by atoms with van der Waals surface area (Å²) >= 11 is 2.83. The lowest BCUT2D eigenvalue weighted by atomic mass is 9.93. The summed E-state index contributed by atoms with van der Waals surface area (Å²) in [7, 11) is 0. The number of likely N-dealkylation sites (tertiary alicyclic amines) is 1. The van der Waals surface area contributed by atoms with E-state index in [1.54, 1.807) is 11.3 Å². The number of carboxylic acids is 1. The number of carboxylic acid groups (broad SMARTS) is 1. The van der Waals surface area contributed by atoms with Crippen molar-refractivity contribution in [2.45, 2.75) is 78.0 Å². The maximum Gasteiger partial charge on any atom is 0.348 e. The Morgan fingerprint density at radius 2 is 2.00 bits per heavy atom. The average Bonchev–Trinajstić information content (AvgIpc) is 3.50. The molecule has 0 unspecified atom stereocenters. The van der Waals surface area contributed by atoms with Gasteiger partial charge in [0.05, 0.1) is 16.3 Å². The third-order valence-corrected chi connectivity index (χ3v) is 7.72. The Labute approximate surface area is 204 Å². The number of ether oxygens (including phenoxy) is 1. The number of thiazole rings is 1. The summed E-state index contributed by atoms with van der Waals surface area (Å²) in [6.45, 7) is 9.40. The number of hydrogen-bond acceptors (Lipinski definition) is 7. The maximum atomic E-state index is 11.7. The zero-order valence-electron chi connectivity index (χ0n) is 19.6. The van der Waals surface area contributed by atoms with Crippen molar-refractivity contribution in [1.82, 2.24) is 9.88 Å². The molecule has 0 radical (unpaired) electrons. The molecule has 0 aromatic carbocycles. The van der Waals surface area contributed by atoms with E-state index in [1.807, 2.05) is 26.8 Å². The van der Waals surface area contributed by atoms with Crippen LogP contribution in [-0.4, -0.2) is 46.2 Å². The minimum Gasteiger partial charge on any atom is -0.477 e. The normalized spacial score (nSPS) is 21.4. The summed E-state index contributed by atoms with van der Waals surface area (Å²) in [6.07, 6.45) is 6.49. The lowest BCUT2D eigenvalue weighted by molar-refractivity contribution is 0.0703. The SMILES string of the molecule is CC(C)(C)C#Cc1cc(N[C@H]2CC[C@H](Oc3nc(CN4CCCC4)cs3)CC2)c(C(=O)O)s1. The summed E-state index contributed by atoms with van der Waals surface area (Å²) < 4.78 is 6.18. The monoisotopic (exact) mass is 487 g/mol. The second-order valence-electron chi connectivity index (χ2n) is 9.98. The third-order valence-electron chi connectivity index (χ3n) is 5.90. The number of anilines is 1. The van der Waals surface area contributed by atoms with Crippen molar-refractivity contribution in [1.29, 1.82) is 0 Å². The molecular weight excluding hydrogens is 454 g/mol. The van der Waals surface area contributed by atoms with Crippen LogP contribution < -0.4 is 10.1 Å². The van der Waals surface area contributed by atoms with Crippen LogP contribution in [-0.2, 0) is 6.54 Å². The third kappa shape index (κ3) is 6.95. The van der Waals surface area contributed by atoms with Crippen LogP contribution >= 0.6 is 22.7 Å². The predicted octanol–water partition coefficient (Wildman–Crippen LogP) is 5.70. The van der Waals surface area contributed by atoms with Crippen molar-refractivity contribution in [2.24, 2.45) is 5.41 Å². The molecule has 8 heteroatoms. The van der Waals surface area contributed by atoms with E-state index in [-0.39, 0.29) is 17.6 Å². The topological polar surface area (TPSA) is 74.7 Å². The fraction of sp³-hybridized carbons (Fsp3) is 0.600. The zero-order valence-corrected chi connectivity index (χ0v) is 21.3. The lowest BCUT2D eigenvalue weighted by Gasteiger charge is -2.29. The molecule has 2 N–H and O–H groups in total. The molecule has 2 aromatic rings. The van der Waals surface area contributed by atoms with Gasteiger partial charge in [0.15, 0.2) is 0 Å². The van der Waals surface area contributed by atoms with Gasteiger partial charge in [-0.3, -0.25) is 4.90 Å². The fourth-order valence-corrected chi connectivity index (χ4v) is 5.78. The second kappa shape index (κ2) is 10.5. The molecule has 0 spiro atoms. The molecule has 0 amide bonds. The van der Waals surface area contributed by atoms with Gasteiger partial charge in [0.25, 0.3) is 5.19 Å². The van der Waals surface area contributed by atoms with E-state index < -0.39 is 5.97 Å². The van der Waals surface area contributed by atoms with Crippen molar-refractivity contribution in [2.75, 3.05) is 18.4 Å². The number of aromatic carboxylic acids is 1. The van der Waals surface area contributed by atoms with Crippen molar-refractivity contribution in [3.05, 3.63) is 26.9 Å². The highest BCUT2D eigenvalue weighted by atomic mass is 32.1. The molecule has 2 fully saturated rings. The summed E-state index contributed by atoms with van der Waals surface area (Å²) in [6, 6.07) is 2.12. The molecule has 3 heterocycles. The van der Waals surface area contributed by atoms with Gasteiger partial charge < -0.3 is 15.2 Å². The quantitative estimate of drug-likeness (QED) is 0.488. The summed E-state index contributed by atoms with van der Waals surface area (Å²) in [5.74, 6) is 5.41. The van der Waals surface area contributed by atoms with Gasteiger partial charge in [0.1, 0.15) is 11.0 Å². The van der Waals surface area contributed by atoms with Gasteiger partial charge in [-0.15, -0.1) is 11.3 Å². The first-order chi connectivity index (χ1) is 15.7. The van der Waals surface area contributed by atoms with Crippen molar-refractivity contribution in [3.8, 4) is 17.0 Å². The van der Waals surface area contributed by atoms with Crippen LogP contribution in [0.3, 0.4) is 0 Å². The Morgan fingerprint density at radius 1 is 1.27 bits per heavy atom. The van der Waals surface area contributed by atoms with Crippen LogP contribution in [0.4, 0.5) is 5.69 Å². The largest absolute Gasteiger partial charge is 0.477 e. The number of aromatic nitrogens is 1. The summed E-state index contributed by atoms with van der Waals surface area (Å²) in [4.78, 5) is 20.0. The number of rotatable bonds is 7. The fourth-order valence-electron chi connectivity index (χ4n) is 4.24. The minimum absolute atomic E-state index is 0.119. The highest BCUT2D eigenvalue weighted by Crippen LogP contribution is 2.32.